The molecular weight excluding hydrogens is 201 g/mol. The van der Waals surface area contributed by atoms with E-state index in [-0.39, 0.29) is 5.75 Å². The molecule has 16 heavy (non-hydrogen) atoms. The minimum absolute atomic E-state index is 0.126. The molecule has 1 aromatic carbocycles. The summed E-state index contributed by atoms with van der Waals surface area (Å²) in [5.41, 5.74) is 9.32. The van der Waals surface area contributed by atoms with E-state index in [1.54, 1.807) is 0 Å². The first kappa shape index (κ1) is 10.5. The van der Waals surface area contributed by atoms with Crippen LogP contribution in [0.4, 0.5) is 5.69 Å². The molecule has 0 unspecified atom stereocenters. The highest BCUT2D eigenvalue weighted by Crippen LogP contribution is 2.31. The zero-order valence-corrected chi connectivity index (χ0v) is 9.23. The van der Waals surface area contributed by atoms with Crippen LogP contribution >= 0.6 is 0 Å². The Morgan fingerprint density at radius 3 is 2.62 bits per heavy atom. The van der Waals surface area contributed by atoms with Gasteiger partial charge in [-0.1, -0.05) is 0 Å². The predicted octanol–water partition coefficient (Wildman–Crippen LogP) is -0.00178. The summed E-state index contributed by atoms with van der Waals surface area (Å²) >= 11 is 0. The van der Waals surface area contributed by atoms with Gasteiger partial charge in [-0.3, -0.25) is 0 Å². The van der Waals surface area contributed by atoms with Crippen LogP contribution < -0.4 is 11.3 Å². The highest BCUT2D eigenvalue weighted by molar-refractivity contribution is 6.30. The Morgan fingerprint density at radius 2 is 2.00 bits per heavy atom. The Bertz CT molecular complexity index is 525. The molecule has 1 heterocycles. The van der Waals surface area contributed by atoms with Gasteiger partial charge in [0, 0.05) is 22.9 Å². The third-order valence-corrected chi connectivity index (χ3v) is 2.46. The number of benzene rings is 1. The topological polar surface area (TPSA) is 72.0 Å². The van der Waals surface area contributed by atoms with Crippen LogP contribution in [-0.2, 0) is 0 Å². The Hall–Kier alpha value is -2.04. The van der Waals surface area contributed by atoms with E-state index in [0.717, 1.165) is 11.2 Å². The summed E-state index contributed by atoms with van der Waals surface area (Å²) in [4.78, 5) is 0. The molecule has 0 bridgehead atoms. The summed E-state index contributed by atoms with van der Waals surface area (Å²) < 4.78 is 0. The second-order valence-corrected chi connectivity index (χ2v) is 3.79. The largest absolute Gasteiger partial charge is 0.507 e. The first-order valence-electron chi connectivity index (χ1n) is 4.97. The molecular formula is C11H12BN3O. The van der Waals surface area contributed by atoms with E-state index >= 15 is 0 Å². The zero-order valence-electron chi connectivity index (χ0n) is 9.23. The van der Waals surface area contributed by atoms with Crippen LogP contribution in [0.3, 0.4) is 0 Å². The van der Waals surface area contributed by atoms with Crippen molar-refractivity contribution in [2.75, 3.05) is 5.73 Å². The number of hydrogen-bond acceptors (Lipinski definition) is 4. The summed E-state index contributed by atoms with van der Waals surface area (Å²) in [5.74, 6) is 0.126. The number of phenols is 1. The second-order valence-electron chi connectivity index (χ2n) is 3.79. The number of aromatic hydroxyl groups is 1. The fraction of sp³-hybridized carbons (Fsp3) is 0.0909. The molecule has 0 aliphatic rings. The van der Waals surface area contributed by atoms with Gasteiger partial charge >= 0.3 is 0 Å². The molecule has 2 rings (SSSR count). The van der Waals surface area contributed by atoms with Crippen molar-refractivity contribution in [3.8, 4) is 17.0 Å². The van der Waals surface area contributed by atoms with E-state index in [2.05, 4.69) is 10.2 Å². The standard InChI is InChI=1S/C11H12BN3O/c1-6-4-7(10(16)5-8(6)13)9-2-3-11(12)15-14-9/h2-5,16H,12-13H2,1H3. The van der Waals surface area contributed by atoms with Gasteiger partial charge in [0.25, 0.3) is 0 Å². The summed E-state index contributed by atoms with van der Waals surface area (Å²) in [6.45, 7) is 1.89. The average molecular weight is 213 g/mol. The van der Waals surface area contributed by atoms with Gasteiger partial charge in [0.05, 0.1) is 5.69 Å². The SMILES string of the molecule is Bc1ccc(-c2cc(C)c(N)cc2O)nn1. The minimum Gasteiger partial charge on any atom is -0.507 e. The number of nitrogens with two attached hydrogens (primary N) is 1. The lowest BCUT2D eigenvalue weighted by atomic mass is 10.0. The van der Waals surface area contributed by atoms with E-state index in [1.807, 2.05) is 33.0 Å². The normalized spacial score (nSPS) is 10.3. The molecule has 0 fully saturated rings. The zero-order chi connectivity index (χ0) is 11.7. The molecule has 4 nitrogen and oxygen atoms in total. The quantitative estimate of drug-likeness (QED) is 0.516. The summed E-state index contributed by atoms with van der Waals surface area (Å²) in [6.07, 6.45) is 0. The Labute approximate surface area is 94.5 Å². The summed E-state index contributed by atoms with van der Waals surface area (Å²) in [5, 5.41) is 17.8. The average Bonchev–Trinajstić information content (AvgIpc) is 2.25. The number of aryl methyl sites for hydroxylation is 1. The van der Waals surface area contributed by atoms with E-state index in [0.29, 0.717) is 16.9 Å². The highest BCUT2D eigenvalue weighted by Gasteiger charge is 2.08. The minimum atomic E-state index is 0.126. The molecule has 0 saturated heterocycles. The molecule has 0 amide bonds. The molecule has 0 spiro atoms. The molecule has 0 atom stereocenters. The third kappa shape index (κ3) is 1.84. The molecule has 0 aliphatic carbocycles. The smallest absolute Gasteiger partial charge is 0.166 e. The Morgan fingerprint density at radius 1 is 1.25 bits per heavy atom. The van der Waals surface area contributed by atoms with Crippen molar-refractivity contribution in [2.45, 2.75) is 6.92 Å². The maximum Gasteiger partial charge on any atom is 0.166 e. The fourth-order valence-corrected chi connectivity index (χ4v) is 1.46. The summed E-state index contributed by atoms with van der Waals surface area (Å²) in [7, 11) is 1.87. The van der Waals surface area contributed by atoms with Gasteiger partial charge < -0.3 is 10.8 Å². The van der Waals surface area contributed by atoms with E-state index in [9.17, 15) is 5.11 Å². The first-order chi connectivity index (χ1) is 7.58. The molecule has 80 valence electrons. The van der Waals surface area contributed by atoms with Gasteiger partial charge in [-0.15, -0.1) is 0 Å². The van der Waals surface area contributed by atoms with Crippen molar-refractivity contribution in [1.29, 1.82) is 0 Å². The van der Waals surface area contributed by atoms with Crippen LogP contribution in [0.5, 0.6) is 5.75 Å². The van der Waals surface area contributed by atoms with Crippen LogP contribution in [-0.4, -0.2) is 23.2 Å². The number of nitrogen functional groups attached to an aromatic ring is 1. The van der Waals surface area contributed by atoms with Gasteiger partial charge in [-0.05, 0) is 30.7 Å². The van der Waals surface area contributed by atoms with Gasteiger partial charge in [0.15, 0.2) is 7.85 Å². The first-order valence-corrected chi connectivity index (χ1v) is 4.97. The third-order valence-electron chi connectivity index (χ3n) is 2.46. The van der Waals surface area contributed by atoms with Gasteiger partial charge in [-0.25, -0.2) is 0 Å². The van der Waals surface area contributed by atoms with Gasteiger partial charge in [-0.2, -0.15) is 10.2 Å². The maximum atomic E-state index is 9.79. The molecule has 0 aliphatic heterocycles. The number of phenolic OH excluding ortho intramolecular Hbond substituents is 1. The Kier molecular flexibility index (Phi) is 2.52. The van der Waals surface area contributed by atoms with Crippen molar-refractivity contribution in [3.05, 3.63) is 29.8 Å². The Balaban J connectivity index is 2.56. The van der Waals surface area contributed by atoms with Crippen molar-refractivity contribution < 1.29 is 5.11 Å². The van der Waals surface area contributed by atoms with Crippen LogP contribution in [0.25, 0.3) is 11.3 Å². The van der Waals surface area contributed by atoms with Crippen LogP contribution in [0, 0.1) is 6.92 Å². The number of hydrogen-bond donors (Lipinski definition) is 2. The molecule has 5 heteroatoms. The molecule has 3 N–H and O–H groups in total. The number of nitrogens with zero attached hydrogens (tertiary/aromatic N) is 2. The lowest BCUT2D eigenvalue weighted by Gasteiger charge is -2.07. The molecule has 0 saturated carbocycles. The van der Waals surface area contributed by atoms with E-state index in [4.69, 9.17) is 5.73 Å². The lowest BCUT2D eigenvalue weighted by Crippen LogP contribution is -2.09. The number of aromatic nitrogens is 2. The van der Waals surface area contributed by atoms with Gasteiger partial charge in [0.1, 0.15) is 5.75 Å². The second kappa shape index (κ2) is 3.85. The monoisotopic (exact) mass is 213 g/mol. The number of rotatable bonds is 1. The molecule has 0 radical (unpaired) electrons. The summed E-state index contributed by atoms with van der Waals surface area (Å²) in [6, 6.07) is 7.02. The van der Waals surface area contributed by atoms with Gasteiger partial charge in [0.2, 0.25) is 0 Å². The van der Waals surface area contributed by atoms with Crippen molar-refractivity contribution in [2.24, 2.45) is 0 Å². The fourth-order valence-electron chi connectivity index (χ4n) is 1.46. The van der Waals surface area contributed by atoms with Crippen molar-refractivity contribution in [1.82, 2.24) is 10.2 Å². The van der Waals surface area contributed by atoms with Crippen molar-refractivity contribution >= 4 is 19.1 Å². The van der Waals surface area contributed by atoms with Crippen LogP contribution in [0.2, 0.25) is 0 Å². The van der Waals surface area contributed by atoms with Crippen LogP contribution in [0.1, 0.15) is 5.56 Å². The number of anilines is 1. The lowest BCUT2D eigenvalue weighted by molar-refractivity contribution is 0.477. The molecule has 1 aromatic heterocycles. The van der Waals surface area contributed by atoms with E-state index in [1.165, 1.54) is 6.07 Å². The molecule has 2 aromatic rings. The maximum absolute atomic E-state index is 9.79. The van der Waals surface area contributed by atoms with E-state index < -0.39 is 0 Å². The van der Waals surface area contributed by atoms with Crippen molar-refractivity contribution in [3.63, 3.8) is 0 Å². The van der Waals surface area contributed by atoms with Crippen LogP contribution in [0.15, 0.2) is 24.3 Å². The predicted molar refractivity (Wildman–Crippen MR) is 66.5 cm³/mol. The highest BCUT2D eigenvalue weighted by atomic mass is 16.3.